The third-order valence-corrected chi connectivity index (χ3v) is 14.8. The summed E-state index contributed by atoms with van der Waals surface area (Å²) in [6, 6.07) is 22.8. The number of ketones is 1. The van der Waals surface area contributed by atoms with Gasteiger partial charge in [0.1, 0.15) is 31.0 Å². The molecule has 6 aromatic rings. The van der Waals surface area contributed by atoms with Crippen molar-refractivity contribution in [2.24, 2.45) is 0 Å². The van der Waals surface area contributed by atoms with Crippen LogP contribution in [0.4, 0.5) is 0 Å². The zero-order valence-electron chi connectivity index (χ0n) is 41.1. The number of carbonyl (C=O) groups excluding carboxylic acids is 6. The third-order valence-electron chi connectivity index (χ3n) is 14.8. The zero-order chi connectivity index (χ0) is 51.9. The molecule has 0 spiro atoms. The smallest absolute Gasteiger partial charge is 0.355 e. The van der Waals surface area contributed by atoms with Crippen LogP contribution in [0.5, 0.6) is 0 Å². The second kappa shape index (κ2) is 20.2. The Labute approximate surface area is 423 Å². The standard InChI is InChI=1S/C56H54N4O14/c1-3-55(40-23-44-49-34(21-32-13-5-8-16-42(32)57-49)26-59(44)51(66)38(40)30-71-53(55)68)25-36(62)15-7-10-19-47(64)73-37(28-61)29-70-46(63)18-11-12-20-48(65)74-56(4-2)41-24-45-50-35(22-33-14-6-9-17-43(33)58-50)27-60(45)52(67)39(41)31-72-54(56)69/h5-6,8-9,13-14,16-17,21-24,37,61H,3-4,7,10-12,15,18-20,25-31H2,1-2H3/t37?,55-,56+/m1/s1. The molecule has 8 heterocycles. The summed E-state index contributed by atoms with van der Waals surface area (Å²) in [4.78, 5) is 117. The molecule has 74 heavy (non-hydrogen) atoms. The molecule has 3 atom stereocenters. The van der Waals surface area contributed by atoms with Crippen molar-refractivity contribution in [3.05, 3.63) is 127 Å². The van der Waals surface area contributed by atoms with Crippen LogP contribution in [-0.2, 0) is 89.8 Å². The Hall–Kier alpha value is -7.86. The number of carbonyl (C=O) groups is 6. The maximum absolute atomic E-state index is 13.9. The lowest BCUT2D eigenvalue weighted by Crippen LogP contribution is -2.47. The summed E-state index contributed by atoms with van der Waals surface area (Å²) in [6.07, 6.45) is -0.468. The highest BCUT2D eigenvalue weighted by molar-refractivity contribution is 5.94. The van der Waals surface area contributed by atoms with Crippen molar-refractivity contribution in [1.82, 2.24) is 19.1 Å². The van der Waals surface area contributed by atoms with E-state index in [1.54, 1.807) is 29.0 Å². The number of fused-ring (bicyclic) bond motifs is 10. The number of aliphatic hydroxyl groups is 1. The molecule has 0 aliphatic carbocycles. The van der Waals surface area contributed by atoms with E-state index in [4.69, 9.17) is 33.7 Å². The van der Waals surface area contributed by atoms with E-state index >= 15 is 0 Å². The first-order valence-corrected chi connectivity index (χ1v) is 25.1. The van der Waals surface area contributed by atoms with E-state index in [1.807, 2.05) is 66.7 Å². The maximum Gasteiger partial charge on any atom is 0.355 e. The average molecular weight is 1010 g/mol. The molecule has 10 rings (SSSR count). The summed E-state index contributed by atoms with van der Waals surface area (Å²) in [5.41, 5.74) is 3.07. The van der Waals surface area contributed by atoms with Crippen LogP contribution >= 0.6 is 0 Å². The number of Topliss-reactive ketones (excluding diaryl/α,β-unsaturated/α-hetero) is 1. The van der Waals surface area contributed by atoms with Gasteiger partial charge in [-0.25, -0.2) is 14.8 Å². The molecule has 4 aliphatic rings. The number of cyclic esters (lactones) is 2. The monoisotopic (exact) mass is 1010 g/mol. The van der Waals surface area contributed by atoms with Gasteiger partial charge in [-0.3, -0.25) is 33.6 Å². The number of pyridine rings is 4. The number of aliphatic hydroxyl groups excluding tert-OH is 1. The summed E-state index contributed by atoms with van der Waals surface area (Å²) in [7, 11) is 0. The number of para-hydroxylation sites is 2. The Bertz CT molecular complexity index is 3450. The van der Waals surface area contributed by atoms with Crippen molar-refractivity contribution >= 4 is 57.4 Å². The minimum Gasteiger partial charge on any atom is -0.462 e. The molecule has 4 aromatic heterocycles. The molecular formula is C56H54N4O14. The Morgan fingerprint density at radius 1 is 0.662 bits per heavy atom. The number of hydrogen-bond donors (Lipinski definition) is 1. The largest absolute Gasteiger partial charge is 0.462 e. The van der Waals surface area contributed by atoms with Crippen molar-refractivity contribution in [2.75, 3.05) is 13.2 Å². The highest BCUT2D eigenvalue weighted by atomic mass is 16.6. The second-order valence-electron chi connectivity index (χ2n) is 19.4. The Morgan fingerprint density at radius 2 is 1.19 bits per heavy atom. The van der Waals surface area contributed by atoms with E-state index < -0.39 is 60.2 Å². The number of unbranched alkanes of at least 4 members (excludes halogenated alkanes) is 2. The highest BCUT2D eigenvalue weighted by Gasteiger charge is 2.51. The second-order valence-corrected chi connectivity index (χ2v) is 19.4. The first kappa shape index (κ1) is 49.7. The molecule has 1 N–H and O–H groups in total. The summed E-state index contributed by atoms with van der Waals surface area (Å²) in [5, 5.41) is 11.8. The van der Waals surface area contributed by atoms with Gasteiger partial charge in [0, 0.05) is 59.6 Å². The summed E-state index contributed by atoms with van der Waals surface area (Å²) < 4.78 is 30.7. The lowest BCUT2D eigenvalue weighted by atomic mass is 9.71. The summed E-state index contributed by atoms with van der Waals surface area (Å²) in [6.45, 7) is 2.59. The number of nitrogens with zero attached hydrogens (tertiary/aromatic N) is 4. The van der Waals surface area contributed by atoms with Gasteiger partial charge < -0.3 is 37.9 Å². The number of hydrogen-bond acceptors (Lipinski definition) is 16. The normalized spacial score (nSPS) is 18.3. The van der Waals surface area contributed by atoms with Crippen LogP contribution in [0.25, 0.3) is 44.6 Å². The van der Waals surface area contributed by atoms with Crippen LogP contribution in [-0.4, -0.2) is 79.2 Å². The molecule has 382 valence electrons. The minimum atomic E-state index is -1.86. The van der Waals surface area contributed by atoms with Gasteiger partial charge in [0.15, 0.2) is 6.10 Å². The molecule has 18 nitrogen and oxygen atoms in total. The van der Waals surface area contributed by atoms with E-state index in [1.165, 1.54) is 0 Å². The van der Waals surface area contributed by atoms with E-state index in [-0.39, 0.29) is 105 Å². The average Bonchev–Trinajstić information content (AvgIpc) is 3.97. The number of ether oxygens (including phenoxy) is 5. The molecule has 0 saturated carbocycles. The predicted molar refractivity (Wildman–Crippen MR) is 265 cm³/mol. The molecule has 0 bridgehead atoms. The molecule has 4 aliphatic heterocycles. The number of benzene rings is 2. The van der Waals surface area contributed by atoms with Crippen molar-refractivity contribution in [3.8, 4) is 22.8 Å². The number of aromatic nitrogens is 4. The Kier molecular flexibility index (Phi) is 13.6. The minimum absolute atomic E-state index is 0.00286. The molecule has 2 aromatic carbocycles. The van der Waals surface area contributed by atoms with E-state index in [0.29, 0.717) is 53.4 Å². The van der Waals surface area contributed by atoms with Gasteiger partial charge in [-0.2, -0.15) is 0 Å². The lowest BCUT2D eigenvalue weighted by Gasteiger charge is -2.36. The van der Waals surface area contributed by atoms with Gasteiger partial charge in [0.2, 0.25) is 5.60 Å². The molecule has 0 saturated heterocycles. The summed E-state index contributed by atoms with van der Waals surface area (Å²) >= 11 is 0. The quantitative estimate of drug-likeness (QED) is 0.0531. The fourth-order valence-corrected chi connectivity index (χ4v) is 10.8. The first-order valence-electron chi connectivity index (χ1n) is 25.1. The van der Waals surface area contributed by atoms with Gasteiger partial charge in [-0.1, -0.05) is 50.2 Å². The SMILES string of the molecule is CC[C@]1(CC(=O)CCCCC(=O)OC(CO)COC(=O)CCCCC(=O)O[C@]2(CC)C(=O)OCc3c2cc2n(c3=O)Cc3cc4ccccc4nc3-2)C(=O)OCc2c1cc1n(c2=O)Cc2cc3ccccc3nc2-1. The van der Waals surface area contributed by atoms with Crippen LogP contribution in [0.1, 0.15) is 118 Å². The Balaban J connectivity index is 0.672. The van der Waals surface area contributed by atoms with Crippen LogP contribution in [0.15, 0.2) is 82.4 Å². The zero-order valence-corrected chi connectivity index (χ0v) is 41.1. The van der Waals surface area contributed by atoms with Gasteiger partial charge in [0.05, 0.1) is 64.6 Å². The molecule has 0 radical (unpaired) electrons. The van der Waals surface area contributed by atoms with E-state index in [9.17, 15) is 43.5 Å². The fraction of sp³-hybridized carbons (Fsp3) is 0.393. The molecule has 0 fully saturated rings. The van der Waals surface area contributed by atoms with Gasteiger partial charge >= 0.3 is 29.8 Å². The van der Waals surface area contributed by atoms with E-state index in [0.717, 1.165) is 32.9 Å². The van der Waals surface area contributed by atoms with Crippen LogP contribution in [0, 0.1) is 0 Å². The molecule has 1 unspecified atom stereocenters. The Morgan fingerprint density at radius 3 is 1.77 bits per heavy atom. The van der Waals surface area contributed by atoms with Crippen LogP contribution in [0.2, 0.25) is 0 Å². The van der Waals surface area contributed by atoms with Crippen molar-refractivity contribution in [3.63, 3.8) is 0 Å². The number of esters is 5. The number of rotatable bonds is 19. The topological polar surface area (TPSA) is 239 Å². The van der Waals surface area contributed by atoms with Gasteiger partial charge in [-0.05, 0) is 80.5 Å². The van der Waals surface area contributed by atoms with E-state index in [2.05, 4.69) is 0 Å². The predicted octanol–water partition coefficient (Wildman–Crippen LogP) is 6.30. The third kappa shape index (κ3) is 8.94. The molecule has 0 amide bonds. The fourth-order valence-electron chi connectivity index (χ4n) is 10.8. The summed E-state index contributed by atoms with van der Waals surface area (Å²) in [5.74, 6) is -3.65. The molecular weight excluding hydrogens is 953 g/mol. The first-order chi connectivity index (χ1) is 35.8. The van der Waals surface area contributed by atoms with Gasteiger partial charge in [0.25, 0.3) is 11.1 Å². The van der Waals surface area contributed by atoms with Crippen molar-refractivity contribution < 1.29 is 57.6 Å². The van der Waals surface area contributed by atoms with Crippen molar-refractivity contribution in [1.29, 1.82) is 0 Å². The van der Waals surface area contributed by atoms with Gasteiger partial charge in [-0.15, -0.1) is 0 Å². The molecule has 18 heteroatoms. The highest BCUT2D eigenvalue weighted by Crippen LogP contribution is 2.44. The van der Waals surface area contributed by atoms with Crippen LogP contribution < -0.4 is 11.1 Å². The van der Waals surface area contributed by atoms with Crippen molar-refractivity contribution in [2.45, 2.75) is 128 Å². The van der Waals surface area contributed by atoms with Crippen LogP contribution in [0.3, 0.4) is 0 Å². The maximum atomic E-state index is 13.9. The lowest BCUT2D eigenvalue weighted by molar-refractivity contribution is -0.189.